The van der Waals surface area contributed by atoms with Crippen molar-refractivity contribution in [3.05, 3.63) is 52.1 Å². The Bertz CT molecular complexity index is 855. The first-order valence-corrected chi connectivity index (χ1v) is 9.23. The van der Waals surface area contributed by atoms with Crippen molar-refractivity contribution in [2.45, 2.75) is 38.6 Å². The maximum Gasteiger partial charge on any atom is 0.228 e. The van der Waals surface area contributed by atoms with E-state index in [9.17, 15) is 4.79 Å². The van der Waals surface area contributed by atoms with E-state index in [1.165, 1.54) is 0 Å². The van der Waals surface area contributed by atoms with E-state index in [1.807, 2.05) is 39.9 Å². The van der Waals surface area contributed by atoms with E-state index in [0.717, 1.165) is 47.7 Å². The second kappa shape index (κ2) is 6.36. The Kier molecular flexibility index (Phi) is 4.06. The predicted molar refractivity (Wildman–Crippen MR) is 94.1 cm³/mol. The van der Waals surface area contributed by atoms with E-state index in [4.69, 9.17) is 4.98 Å². The fourth-order valence-electron chi connectivity index (χ4n) is 3.46. The molecule has 6 heteroatoms. The van der Waals surface area contributed by atoms with E-state index in [1.54, 1.807) is 17.5 Å². The van der Waals surface area contributed by atoms with Crippen molar-refractivity contribution in [2.24, 2.45) is 0 Å². The van der Waals surface area contributed by atoms with Crippen LogP contribution in [-0.4, -0.2) is 31.9 Å². The molecule has 124 valence electrons. The standard InChI is InChI=1S/C18H20N4OS/c1-13-11-15(20-17-7-8-19-22(13)17)16-6-2-3-9-21(16)18(23)12-14-5-4-10-24-14/h4-5,7-8,10-11,16H,2-3,6,9,12H2,1H3/t16-/m0/s1. The zero-order chi connectivity index (χ0) is 16.5. The minimum atomic E-state index is 0.0739. The normalized spacial score (nSPS) is 18.2. The van der Waals surface area contributed by atoms with Gasteiger partial charge in [-0.2, -0.15) is 5.10 Å². The van der Waals surface area contributed by atoms with Crippen LogP contribution in [0.4, 0.5) is 0 Å². The summed E-state index contributed by atoms with van der Waals surface area (Å²) in [6, 6.07) is 8.09. The number of thiophene rings is 1. The van der Waals surface area contributed by atoms with Crippen LogP contribution < -0.4 is 0 Å². The number of rotatable bonds is 3. The fraction of sp³-hybridized carbons (Fsp3) is 0.389. The van der Waals surface area contributed by atoms with Crippen LogP contribution in [0.15, 0.2) is 35.8 Å². The molecule has 0 N–H and O–H groups in total. The molecule has 1 saturated heterocycles. The number of nitrogens with zero attached hydrogens (tertiary/aromatic N) is 4. The van der Waals surface area contributed by atoms with Crippen molar-refractivity contribution in [3.8, 4) is 0 Å². The Balaban J connectivity index is 1.64. The van der Waals surface area contributed by atoms with Crippen molar-refractivity contribution >= 4 is 22.9 Å². The van der Waals surface area contributed by atoms with Gasteiger partial charge in [0.05, 0.1) is 24.4 Å². The first kappa shape index (κ1) is 15.3. The molecular formula is C18H20N4OS. The van der Waals surface area contributed by atoms with Crippen LogP contribution in [0.2, 0.25) is 0 Å². The summed E-state index contributed by atoms with van der Waals surface area (Å²) >= 11 is 1.64. The minimum absolute atomic E-state index is 0.0739. The summed E-state index contributed by atoms with van der Waals surface area (Å²) in [4.78, 5) is 20.7. The number of carbonyl (C=O) groups excluding carboxylic acids is 1. The van der Waals surface area contributed by atoms with Gasteiger partial charge in [-0.15, -0.1) is 11.3 Å². The van der Waals surface area contributed by atoms with Gasteiger partial charge in [-0.1, -0.05) is 6.07 Å². The molecule has 0 bridgehead atoms. The number of carbonyl (C=O) groups is 1. The van der Waals surface area contributed by atoms with Crippen molar-refractivity contribution in [3.63, 3.8) is 0 Å². The molecule has 4 heterocycles. The molecule has 0 saturated carbocycles. The van der Waals surface area contributed by atoms with E-state index in [-0.39, 0.29) is 11.9 Å². The summed E-state index contributed by atoms with van der Waals surface area (Å²) in [5.41, 5.74) is 2.89. The summed E-state index contributed by atoms with van der Waals surface area (Å²) in [5, 5.41) is 6.31. The van der Waals surface area contributed by atoms with Gasteiger partial charge < -0.3 is 4.90 Å². The van der Waals surface area contributed by atoms with Crippen LogP contribution in [-0.2, 0) is 11.2 Å². The first-order chi connectivity index (χ1) is 11.7. The number of hydrogen-bond acceptors (Lipinski definition) is 4. The molecule has 1 atom stereocenters. The Morgan fingerprint density at radius 3 is 3.12 bits per heavy atom. The van der Waals surface area contributed by atoms with Crippen LogP contribution >= 0.6 is 11.3 Å². The maximum atomic E-state index is 12.8. The smallest absolute Gasteiger partial charge is 0.228 e. The van der Waals surface area contributed by atoms with Gasteiger partial charge in [0.15, 0.2) is 5.65 Å². The average Bonchev–Trinajstić information content (AvgIpc) is 3.26. The Hall–Kier alpha value is -2.21. The quantitative estimate of drug-likeness (QED) is 0.734. The number of aryl methyl sites for hydroxylation is 1. The highest BCUT2D eigenvalue weighted by Crippen LogP contribution is 2.31. The molecule has 0 unspecified atom stereocenters. The molecule has 0 aliphatic carbocycles. The van der Waals surface area contributed by atoms with Crippen molar-refractivity contribution in [1.82, 2.24) is 19.5 Å². The lowest BCUT2D eigenvalue weighted by atomic mass is 9.98. The topological polar surface area (TPSA) is 50.5 Å². The zero-order valence-electron chi connectivity index (χ0n) is 13.7. The molecule has 1 aliphatic rings. The third-order valence-electron chi connectivity index (χ3n) is 4.63. The molecule has 24 heavy (non-hydrogen) atoms. The van der Waals surface area contributed by atoms with Gasteiger partial charge in [0, 0.05) is 23.2 Å². The van der Waals surface area contributed by atoms with E-state index >= 15 is 0 Å². The molecule has 3 aromatic rings. The maximum absolute atomic E-state index is 12.8. The third kappa shape index (κ3) is 2.82. The van der Waals surface area contributed by atoms with Gasteiger partial charge in [0.2, 0.25) is 5.91 Å². The van der Waals surface area contributed by atoms with Gasteiger partial charge in [-0.3, -0.25) is 4.79 Å². The number of likely N-dealkylation sites (tertiary alicyclic amines) is 1. The van der Waals surface area contributed by atoms with Crippen LogP contribution in [0.3, 0.4) is 0 Å². The van der Waals surface area contributed by atoms with Crippen molar-refractivity contribution in [2.75, 3.05) is 6.54 Å². The number of piperidine rings is 1. The number of fused-ring (bicyclic) bond motifs is 1. The van der Waals surface area contributed by atoms with Crippen LogP contribution in [0, 0.1) is 6.92 Å². The summed E-state index contributed by atoms with van der Waals surface area (Å²) < 4.78 is 1.84. The lowest BCUT2D eigenvalue weighted by Crippen LogP contribution is -2.39. The van der Waals surface area contributed by atoms with Crippen LogP contribution in [0.25, 0.3) is 5.65 Å². The highest BCUT2D eigenvalue weighted by molar-refractivity contribution is 7.10. The van der Waals surface area contributed by atoms with E-state index < -0.39 is 0 Å². The summed E-state index contributed by atoms with van der Waals surface area (Å²) in [7, 11) is 0. The molecule has 3 aromatic heterocycles. The molecule has 1 aliphatic heterocycles. The number of hydrogen-bond donors (Lipinski definition) is 0. The molecule has 1 amide bonds. The molecule has 5 nitrogen and oxygen atoms in total. The monoisotopic (exact) mass is 340 g/mol. The number of amides is 1. The van der Waals surface area contributed by atoms with E-state index in [2.05, 4.69) is 11.2 Å². The number of aromatic nitrogens is 3. The molecule has 0 radical (unpaired) electrons. The minimum Gasteiger partial charge on any atom is -0.334 e. The molecule has 0 spiro atoms. The molecular weight excluding hydrogens is 320 g/mol. The second-order valence-corrected chi connectivity index (χ2v) is 7.31. The van der Waals surface area contributed by atoms with E-state index in [0.29, 0.717) is 6.42 Å². The second-order valence-electron chi connectivity index (χ2n) is 6.28. The van der Waals surface area contributed by atoms with Gasteiger partial charge in [0.25, 0.3) is 0 Å². The van der Waals surface area contributed by atoms with Gasteiger partial charge >= 0.3 is 0 Å². The Labute approximate surface area is 144 Å². The Morgan fingerprint density at radius 1 is 1.38 bits per heavy atom. The van der Waals surface area contributed by atoms with Crippen molar-refractivity contribution in [1.29, 1.82) is 0 Å². The van der Waals surface area contributed by atoms with Crippen molar-refractivity contribution < 1.29 is 4.79 Å². The largest absolute Gasteiger partial charge is 0.334 e. The lowest BCUT2D eigenvalue weighted by molar-refractivity contribution is -0.134. The molecule has 1 fully saturated rings. The average molecular weight is 340 g/mol. The van der Waals surface area contributed by atoms with Gasteiger partial charge in [-0.05, 0) is 43.7 Å². The SMILES string of the molecule is Cc1cc([C@@H]2CCCCN2C(=O)Cc2cccs2)nc2ccnn12. The first-order valence-electron chi connectivity index (χ1n) is 8.35. The fourth-order valence-corrected chi connectivity index (χ4v) is 4.16. The summed E-state index contributed by atoms with van der Waals surface area (Å²) in [6.07, 6.45) is 5.44. The predicted octanol–water partition coefficient (Wildman–Crippen LogP) is 3.40. The van der Waals surface area contributed by atoms with Gasteiger partial charge in [-0.25, -0.2) is 9.50 Å². The summed E-state index contributed by atoms with van der Waals surface area (Å²) in [6.45, 7) is 2.85. The van der Waals surface area contributed by atoms with Crippen LogP contribution in [0.5, 0.6) is 0 Å². The lowest BCUT2D eigenvalue weighted by Gasteiger charge is -2.35. The van der Waals surface area contributed by atoms with Crippen LogP contribution in [0.1, 0.15) is 41.6 Å². The molecule has 0 aromatic carbocycles. The molecule has 4 rings (SSSR count). The highest BCUT2D eigenvalue weighted by atomic mass is 32.1. The summed E-state index contributed by atoms with van der Waals surface area (Å²) in [5.74, 6) is 0.204. The third-order valence-corrected chi connectivity index (χ3v) is 5.50. The highest BCUT2D eigenvalue weighted by Gasteiger charge is 2.29. The zero-order valence-corrected chi connectivity index (χ0v) is 14.5. The van der Waals surface area contributed by atoms with Gasteiger partial charge in [0.1, 0.15) is 0 Å². The Morgan fingerprint density at radius 2 is 2.29 bits per heavy atom.